The van der Waals surface area contributed by atoms with E-state index in [0.29, 0.717) is 32.9 Å². The summed E-state index contributed by atoms with van der Waals surface area (Å²) < 4.78 is 11.5. The molecular formula is C25H36N2O4S. The molecule has 1 aromatic carbocycles. The molecule has 1 aliphatic rings. The summed E-state index contributed by atoms with van der Waals surface area (Å²) in [4.78, 5) is 18.7. The summed E-state index contributed by atoms with van der Waals surface area (Å²) in [5.41, 5.74) is 2.34. The summed E-state index contributed by atoms with van der Waals surface area (Å²) >= 11 is 1.75. The monoisotopic (exact) mass is 460 g/mol. The number of nitrogens with zero attached hydrogens (tertiary/aromatic N) is 2. The standard InChI is InChI=1S/C25H36N2O4S/c1-4-11-26(15-20(28)17-30-5-2)16-25(29)27-12-9-24-22(10-13-32-24)23(27)18-31-21-8-6-7-19(3)14-21/h6-8,10,13-14,20,23,28H,4-5,9,11-12,15-18H2,1-3H3/t20-,23-/m1/s1. The number of ether oxygens (including phenoxy) is 2. The molecule has 0 radical (unpaired) electrons. The summed E-state index contributed by atoms with van der Waals surface area (Å²) in [6.45, 7) is 9.51. The zero-order chi connectivity index (χ0) is 22.9. The van der Waals surface area contributed by atoms with Gasteiger partial charge in [-0.25, -0.2) is 0 Å². The summed E-state index contributed by atoms with van der Waals surface area (Å²) in [5.74, 6) is 0.906. The van der Waals surface area contributed by atoms with Gasteiger partial charge < -0.3 is 19.5 Å². The molecule has 0 aliphatic carbocycles. The van der Waals surface area contributed by atoms with Gasteiger partial charge in [-0.1, -0.05) is 19.1 Å². The van der Waals surface area contributed by atoms with Gasteiger partial charge >= 0.3 is 0 Å². The van der Waals surface area contributed by atoms with Crippen LogP contribution < -0.4 is 4.74 Å². The maximum Gasteiger partial charge on any atom is 0.237 e. The number of benzene rings is 1. The van der Waals surface area contributed by atoms with Crippen LogP contribution in [0.15, 0.2) is 35.7 Å². The van der Waals surface area contributed by atoms with Gasteiger partial charge in [0.25, 0.3) is 0 Å². The van der Waals surface area contributed by atoms with E-state index in [0.717, 1.165) is 30.7 Å². The van der Waals surface area contributed by atoms with Crippen LogP contribution in [0.3, 0.4) is 0 Å². The lowest BCUT2D eigenvalue weighted by molar-refractivity contribution is -0.136. The first-order valence-electron chi connectivity index (χ1n) is 11.5. The van der Waals surface area contributed by atoms with Gasteiger partial charge in [0.1, 0.15) is 12.4 Å². The highest BCUT2D eigenvalue weighted by atomic mass is 32.1. The third-order valence-corrected chi connectivity index (χ3v) is 6.69. The molecule has 0 unspecified atom stereocenters. The second kappa shape index (κ2) is 12.3. The fourth-order valence-corrected chi connectivity index (χ4v) is 5.12. The van der Waals surface area contributed by atoms with Crippen molar-refractivity contribution in [3.63, 3.8) is 0 Å². The Hall–Kier alpha value is -1.93. The van der Waals surface area contributed by atoms with Crippen molar-refractivity contribution in [2.75, 3.05) is 46.0 Å². The molecule has 176 valence electrons. The lowest BCUT2D eigenvalue weighted by Crippen LogP contribution is -2.48. The largest absolute Gasteiger partial charge is 0.491 e. The molecule has 1 aromatic heterocycles. The van der Waals surface area contributed by atoms with Gasteiger partial charge in [0.2, 0.25) is 5.91 Å². The molecule has 0 saturated heterocycles. The first kappa shape index (κ1) is 24.7. The van der Waals surface area contributed by atoms with Crippen LogP contribution in [-0.2, 0) is 16.0 Å². The van der Waals surface area contributed by atoms with E-state index in [9.17, 15) is 9.90 Å². The number of carbonyl (C=O) groups excluding carboxylic acids is 1. The van der Waals surface area contributed by atoms with Crippen molar-refractivity contribution in [1.29, 1.82) is 0 Å². The van der Waals surface area contributed by atoms with Crippen molar-refractivity contribution in [3.05, 3.63) is 51.7 Å². The molecule has 0 spiro atoms. The number of fused-ring (bicyclic) bond motifs is 1. The Morgan fingerprint density at radius 2 is 2.19 bits per heavy atom. The maximum atomic E-state index is 13.4. The normalized spacial score (nSPS) is 16.8. The number of aryl methyl sites for hydroxylation is 1. The Kier molecular flexibility index (Phi) is 9.53. The molecule has 0 fully saturated rings. The molecule has 2 atom stereocenters. The first-order valence-corrected chi connectivity index (χ1v) is 12.4. The van der Waals surface area contributed by atoms with Gasteiger partial charge in [-0.3, -0.25) is 9.69 Å². The topological polar surface area (TPSA) is 62.2 Å². The van der Waals surface area contributed by atoms with E-state index in [1.54, 1.807) is 11.3 Å². The van der Waals surface area contributed by atoms with E-state index in [1.165, 1.54) is 10.4 Å². The number of thiophene rings is 1. The average Bonchev–Trinajstić information content (AvgIpc) is 3.25. The highest BCUT2D eigenvalue weighted by molar-refractivity contribution is 7.10. The highest BCUT2D eigenvalue weighted by Gasteiger charge is 2.33. The summed E-state index contributed by atoms with van der Waals surface area (Å²) in [6.07, 6.45) is 1.20. The van der Waals surface area contributed by atoms with Gasteiger partial charge in [0.15, 0.2) is 0 Å². The van der Waals surface area contributed by atoms with Gasteiger partial charge in [0.05, 0.1) is 25.3 Å². The predicted molar refractivity (Wildman–Crippen MR) is 128 cm³/mol. The van der Waals surface area contributed by atoms with Crippen molar-refractivity contribution in [3.8, 4) is 5.75 Å². The zero-order valence-electron chi connectivity index (χ0n) is 19.5. The summed E-state index contributed by atoms with van der Waals surface area (Å²) in [6, 6.07) is 10.0. The molecular weight excluding hydrogens is 424 g/mol. The molecule has 2 heterocycles. The Balaban J connectivity index is 1.69. The van der Waals surface area contributed by atoms with E-state index in [4.69, 9.17) is 9.47 Å². The molecule has 1 amide bonds. The Morgan fingerprint density at radius 1 is 1.34 bits per heavy atom. The minimum absolute atomic E-state index is 0.0803. The van der Waals surface area contributed by atoms with Crippen LogP contribution in [-0.4, -0.2) is 72.9 Å². The zero-order valence-corrected chi connectivity index (χ0v) is 20.3. The fraction of sp³-hybridized carbons (Fsp3) is 0.560. The van der Waals surface area contributed by atoms with Gasteiger partial charge in [0, 0.05) is 24.6 Å². The predicted octanol–water partition coefficient (Wildman–Crippen LogP) is 3.67. The minimum Gasteiger partial charge on any atom is -0.491 e. The SMILES string of the molecule is CCCN(CC(=O)N1CCc2sccc2[C@H]1COc1cccc(C)c1)C[C@@H](O)COCC. The fourth-order valence-electron chi connectivity index (χ4n) is 4.19. The summed E-state index contributed by atoms with van der Waals surface area (Å²) in [7, 11) is 0. The first-order chi connectivity index (χ1) is 15.5. The lowest BCUT2D eigenvalue weighted by Gasteiger charge is -2.37. The number of rotatable bonds is 12. The van der Waals surface area contributed by atoms with Crippen molar-refractivity contribution in [2.45, 2.75) is 45.8 Å². The smallest absolute Gasteiger partial charge is 0.237 e. The van der Waals surface area contributed by atoms with Crippen LogP contribution in [0.5, 0.6) is 5.75 Å². The molecule has 2 aromatic rings. The van der Waals surface area contributed by atoms with Crippen LogP contribution in [0.2, 0.25) is 0 Å². The molecule has 6 nitrogen and oxygen atoms in total. The number of aliphatic hydroxyl groups is 1. The van der Waals surface area contributed by atoms with E-state index in [-0.39, 0.29) is 18.5 Å². The van der Waals surface area contributed by atoms with E-state index in [2.05, 4.69) is 18.4 Å². The number of carbonyl (C=O) groups is 1. The molecule has 0 bridgehead atoms. The van der Waals surface area contributed by atoms with Crippen LogP contribution >= 0.6 is 11.3 Å². The number of hydrogen-bond acceptors (Lipinski definition) is 6. The Morgan fingerprint density at radius 3 is 2.94 bits per heavy atom. The molecule has 32 heavy (non-hydrogen) atoms. The third kappa shape index (κ3) is 6.78. The third-order valence-electron chi connectivity index (χ3n) is 5.69. The molecule has 3 rings (SSSR count). The molecule has 1 N–H and O–H groups in total. The molecule has 0 saturated carbocycles. The van der Waals surface area contributed by atoms with Crippen LogP contribution in [0.4, 0.5) is 0 Å². The second-order valence-corrected chi connectivity index (χ2v) is 9.33. The van der Waals surface area contributed by atoms with E-state index < -0.39 is 6.10 Å². The minimum atomic E-state index is -0.598. The van der Waals surface area contributed by atoms with E-state index >= 15 is 0 Å². The van der Waals surface area contributed by atoms with Crippen molar-refractivity contribution >= 4 is 17.2 Å². The van der Waals surface area contributed by atoms with Crippen molar-refractivity contribution in [1.82, 2.24) is 9.80 Å². The van der Waals surface area contributed by atoms with Crippen LogP contribution in [0.25, 0.3) is 0 Å². The Labute approximate surface area is 195 Å². The second-order valence-electron chi connectivity index (χ2n) is 8.33. The van der Waals surface area contributed by atoms with Crippen LogP contribution in [0.1, 0.15) is 42.3 Å². The van der Waals surface area contributed by atoms with Crippen molar-refractivity contribution < 1.29 is 19.4 Å². The quantitative estimate of drug-likeness (QED) is 0.524. The number of aliphatic hydroxyl groups excluding tert-OH is 1. The molecule has 7 heteroatoms. The number of hydrogen-bond donors (Lipinski definition) is 1. The number of amides is 1. The van der Waals surface area contributed by atoms with Gasteiger partial charge in [-0.05, 0) is 67.9 Å². The summed E-state index contributed by atoms with van der Waals surface area (Å²) in [5, 5.41) is 12.4. The Bertz CT molecular complexity index is 856. The van der Waals surface area contributed by atoms with Gasteiger partial charge in [-0.2, -0.15) is 0 Å². The highest BCUT2D eigenvalue weighted by Crippen LogP contribution is 2.34. The van der Waals surface area contributed by atoms with Gasteiger partial charge in [-0.15, -0.1) is 11.3 Å². The maximum absolute atomic E-state index is 13.4. The molecule has 1 aliphatic heterocycles. The van der Waals surface area contributed by atoms with E-state index in [1.807, 2.05) is 47.9 Å². The lowest BCUT2D eigenvalue weighted by atomic mass is 10.0. The van der Waals surface area contributed by atoms with Crippen molar-refractivity contribution in [2.24, 2.45) is 0 Å². The van der Waals surface area contributed by atoms with Crippen LogP contribution in [0, 0.1) is 6.92 Å². The average molecular weight is 461 g/mol.